The average molecular weight is 471 g/mol. The second kappa shape index (κ2) is 9.30. The first kappa shape index (κ1) is 22.9. The van der Waals surface area contributed by atoms with Crippen molar-refractivity contribution in [3.8, 4) is 28.3 Å². The Bertz CT molecular complexity index is 1320. The van der Waals surface area contributed by atoms with E-state index in [0.29, 0.717) is 17.0 Å². The van der Waals surface area contributed by atoms with Crippen LogP contribution in [0, 0.1) is 0 Å². The molecular formula is C23H20F3N5O3. The SMILES string of the molecule is COc1cc(-n2cnc3cc(-c4ccc(N)nc4)ccc32)cc(OC)c1C(=O)NC(F)C(F)F. The molecule has 176 valence electrons. The van der Waals surface area contributed by atoms with Crippen LogP contribution >= 0.6 is 0 Å². The molecule has 8 nitrogen and oxygen atoms in total. The zero-order chi connectivity index (χ0) is 24.4. The Balaban J connectivity index is 1.74. The number of benzene rings is 2. The summed E-state index contributed by atoms with van der Waals surface area (Å²) in [6, 6.07) is 12.2. The number of imidazole rings is 1. The number of rotatable bonds is 7. The summed E-state index contributed by atoms with van der Waals surface area (Å²) in [4.78, 5) is 21.0. The van der Waals surface area contributed by atoms with Crippen molar-refractivity contribution in [1.82, 2.24) is 19.9 Å². The summed E-state index contributed by atoms with van der Waals surface area (Å²) in [6.07, 6.45) is -2.95. The maximum atomic E-state index is 13.4. The number of halogens is 3. The highest BCUT2D eigenvalue weighted by atomic mass is 19.3. The highest BCUT2D eigenvalue weighted by Gasteiger charge is 2.27. The molecular weight excluding hydrogens is 451 g/mol. The standard InChI is InChI=1S/C23H20F3N5O3/c1-33-17-8-14(9-18(34-2)20(17)23(32)30-22(26)21(24)25)31-11-29-15-7-12(3-5-16(15)31)13-4-6-19(27)28-10-13/h3-11,21-22H,1-2H3,(H2,27,28)(H,30,32). The third kappa shape index (κ3) is 4.32. The van der Waals surface area contributed by atoms with E-state index >= 15 is 0 Å². The number of nitrogens with one attached hydrogen (secondary N) is 1. The van der Waals surface area contributed by atoms with Crippen molar-refractivity contribution in [2.45, 2.75) is 12.7 Å². The van der Waals surface area contributed by atoms with E-state index in [4.69, 9.17) is 15.2 Å². The van der Waals surface area contributed by atoms with E-state index in [9.17, 15) is 18.0 Å². The van der Waals surface area contributed by atoms with Crippen molar-refractivity contribution < 1.29 is 27.4 Å². The molecule has 2 heterocycles. The minimum Gasteiger partial charge on any atom is -0.496 e. The lowest BCUT2D eigenvalue weighted by Crippen LogP contribution is -2.36. The number of aromatic nitrogens is 3. The van der Waals surface area contributed by atoms with E-state index in [0.717, 1.165) is 16.6 Å². The van der Waals surface area contributed by atoms with Crippen LogP contribution in [0.2, 0.25) is 0 Å². The van der Waals surface area contributed by atoms with Gasteiger partial charge in [0.15, 0.2) is 0 Å². The second-order valence-corrected chi connectivity index (χ2v) is 7.22. The van der Waals surface area contributed by atoms with Gasteiger partial charge in [-0.05, 0) is 29.8 Å². The van der Waals surface area contributed by atoms with Gasteiger partial charge in [-0.3, -0.25) is 9.36 Å². The Labute approximate surface area is 192 Å². The molecule has 1 amide bonds. The number of fused-ring (bicyclic) bond motifs is 1. The largest absolute Gasteiger partial charge is 0.496 e. The van der Waals surface area contributed by atoms with Gasteiger partial charge in [0.05, 0.1) is 30.9 Å². The molecule has 0 aliphatic heterocycles. The van der Waals surface area contributed by atoms with E-state index < -0.39 is 18.6 Å². The number of carbonyl (C=O) groups excluding carboxylic acids is 1. The van der Waals surface area contributed by atoms with Crippen molar-refractivity contribution in [3.05, 3.63) is 60.6 Å². The zero-order valence-corrected chi connectivity index (χ0v) is 18.1. The summed E-state index contributed by atoms with van der Waals surface area (Å²) in [5.41, 5.74) is 9.17. The van der Waals surface area contributed by atoms with Crippen LogP contribution in [0.4, 0.5) is 19.0 Å². The zero-order valence-electron chi connectivity index (χ0n) is 18.1. The molecule has 0 radical (unpaired) electrons. The quantitative estimate of drug-likeness (QED) is 0.395. The number of carbonyl (C=O) groups is 1. The van der Waals surface area contributed by atoms with Gasteiger partial charge in [0.1, 0.15) is 29.2 Å². The highest BCUT2D eigenvalue weighted by molar-refractivity contribution is 6.00. The first-order valence-electron chi connectivity index (χ1n) is 10.0. The maximum Gasteiger partial charge on any atom is 0.287 e. The van der Waals surface area contributed by atoms with E-state index in [1.807, 2.05) is 24.3 Å². The minimum atomic E-state index is -3.37. The van der Waals surface area contributed by atoms with Crippen LogP contribution in [0.25, 0.3) is 27.8 Å². The molecule has 1 atom stereocenters. The molecule has 0 saturated carbocycles. The monoisotopic (exact) mass is 471 g/mol. The third-order valence-electron chi connectivity index (χ3n) is 5.15. The number of nitrogens with two attached hydrogens (primary N) is 1. The van der Waals surface area contributed by atoms with Gasteiger partial charge in [0, 0.05) is 23.9 Å². The number of hydrogen-bond donors (Lipinski definition) is 2. The van der Waals surface area contributed by atoms with Gasteiger partial charge in [0.2, 0.25) is 6.30 Å². The highest BCUT2D eigenvalue weighted by Crippen LogP contribution is 2.34. The molecule has 0 saturated heterocycles. The maximum absolute atomic E-state index is 13.4. The second-order valence-electron chi connectivity index (χ2n) is 7.22. The Morgan fingerprint density at radius 2 is 1.68 bits per heavy atom. The fourth-order valence-corrected chi connectivity index (χ4v) is 3.50. The Kier molecular flexibility index (Phi) is 6.26. The van der Waals surface area contributed by atoms with Gasteiger partial charge in [-0.15, -0.1) is 0 Å². The fraction of sp³-hybridized carbons (Fsp3) is 0.174. The van der Waals surface area contributed by atoms with Gasteiger partial charge in [-0.1, -0.05) is 6.07 Å². The van der Waals surface area contributed by atoms with Crippen molar-refractivity contribution >= 4 is 22.8 Å². The van der Waals surface area contributed by atoms with Crippen LogP contribution in [-0.4, -0.2) is 47.4 Å². The van der Waals surface area contributed by atoms with Gasteiger partial charge < -0.3 is 20.5 Å². The molecule has 11 heteroatoms. The lowest BCUT2D eigenvalue weighted by atomic mass is 10.1. The van der Waals surface area contributed by atoms with Crippen molar-refractivity contribution in [3.63, 3.8) is 0 Å². The Hall–Kier alpha value is -4.28. The summed E-state index contributed by atoms with van der Waals surface area (Å²) in [6.45, 7) is 0. The van der Waals surface area contributed by atoms with Crippen molar-refractivity contribution in [1.29, 1.82) is 0 Å². The number of alkyl halides is 3. The number of anilines is 1. The van der Waals surface area contributed by atoms with Gasteiger partial charge in [-0.2, -0.15) is 0 Å². The average Bonchev–Trinajstić information content (AvgIpc) is 3.26. The molecule has 1 unspecified atom stereocenters. The van der Waals surface area contributed by atoms with E-state index in [1.165, 1.54) is 26.4 Å². The predicted molar refractivity (Wildman–Crippen MR) is 120 cm³/mol. The molecule has 0 aliphatic rings. The summed E-state index contributed by atoms with van der Waals surface area (Å²) >= 11 is 0. The van der Waals surface area contributed by atoms with E-state index in [1.54, 1.807) is 28.5 Å². The summed E-state index contributed by atoms with van der Waals surface area (Å²) in [7, 11) is 2.60. The summed E-state index contributed by atoms with van der Waals surface area (Å²) in [5.74, 6) is -0.643. The van der Waals surface area contributed by atoms with Crippen LogP contribution in [-0.2, 0) is 0 Å². The van der Waals surface area contributed by atoms with Gasteiger partial charge in [0.25, 0.3) is 12.3 Å². The molecule has 4 aromatic rings. The first-order valence-corrected chi connectivity index (χ1v) is 10.0. The molecule has 3 N–H and O–H groups in total. The molecule has 2 aromatic carbocycles. The number of methoxy groups -OCH3 is 2. The molecule has 0 aliphatic carbocycles. The minimum absolute atomic E-state index is 0.0136. The third-order valence-corrected chi connectivity index (χ3v) is 5.15. The Morgan fingerprint density at radius 3 is 2.26 bits per heavy atom. The lowest BCUT2D eigenvalue weighted by molar-refractivity contribution is 0.0285. The number of ether oxygens (including phenoxy) is 2. The number of nitrogen functional groups attached to an aromatic ring is 1. The first-order chi connectivity index (χ1) is 16.3. The molecule has 0 bridgehead atoms. The smallest absolute Gasteiger partial charge is 0.287 e. The van der Waals surface area contributed by atoms with Crippen molar-refractivity contribution in [2.75, 3.05) is 20.0 Å². The van der Waals surface area contributed by atoms with Crippen LogP contribution in [0.1, 0.15) is 10.4 Å². The molecule has 34 heavy (non-hydrogen) atoms. The summed E-state index contributed by atoms with van der Waals surface area (Å²) < 4.78 is 50.8. The molecule has 0 fully saturated rings. The number of nitrogens with zero attached hydrogens (tertiary/aromatic N) is 3. The van der Waals surface area contributed by atoms with Gasteiger partial charge in [-0.25, -0.2) is 23.1 Å². The molecule has 4 rings (SSSR count). The van der Waals surface area contributed by atoms with E-state index in [-0.39, 0.29) is 17.1 Å². The molecule has 2 aromatic heterocycles. The van der Waals surface area contributed by atoms with Crippen LogP contribution in [0.15, 0.2) is 55.0 Å². The molecule has 0 spiro atoms. The topological polar surface area (TPSA) is 104 Å². The van der Waals surface area contributed by atoms with Crippen LogP contribution in [0.5, 0.6) is 11.5 Å². The lowest BCUT2D eigenvalue weighted by Gasteiger charge is -2.17. The van der Waals surface area contributed by atoms with Crippen molar-refractivity contribution in [2.24, 2.45) is 0 Å². The van der Waals surface area contributed by atoms with Crippen LogP contribution < -0.4 is 20.5 Å². The Morgan fingerprint density at radius 1 is 1.00 bits per heavy atom. The van der Waals surface area contributed by atoms with Gasteiger partial charge >= 0.3 is 0 Å². The predicted octanol–water partition coefficient (Wildman–Crippen LogP) is 3.98. The van der Waals surface area contributed by atoms with E-state index in [2.05, 4.69) is 9.97 Å². The summed E-state index contributed by atoms with van der Waals surface area (Å²) in [5, 5.41) is 1.61. The number of amides is 1. The number of hydrogen-bond acceptors (Lipinski definition) is 6. The normalized spacial score (nSPS) is 12.1. The fourth-order valence-electron chi connectivity index (χ4n) is 3.50. The number of pyridine rings is 1. The van der Waals surface area contributed by atoms with Crippen LogP contribution in [0.3, 0.4) is 0 Å².